The number of amides is 2. The van der Waals surface area contributed by atoms with Crippen molar-refractivity contribution in [3.63, 3.8) is 0 Å². The molecule has 2 amide bonds. The summed E-state index contributed by atoms with van der Waals surface area (Å²) in [5, 5.41) is 0. The summed E-state index contributed by atoms with van der Waals surface area (Å²) in [7, 11) is 1.61. The highest BCUT2D eigenvalue weighted by atomic mass is 16.5. The third-order valence-electron chi connectivity index (χ3n) is 5.27. The number of piperazine rings is 1. The van der Waals surface area contributed by atoms with Crippen LogP contribution in [-0.4, -0.2) is 43.0 Å². The molecule has 1 heterocycles. The normalized spacial score (nSPS) is 22.1. The second-order valence-corrected chi connectivity index (χ2v) is 6.85. The SMILES string of the molecule is COc1ccc(C)cc1N1CCN(C(=O)C2CCCC2)C(C)C1=O. The minimum atomic E-state index is -0.419. The Morgan fingerprint density at radius 3 is 2.58 bits per heavy atom. The number of carbonyl (C=O) groups is 2. The Balaban J connectivity index is 1.80. The van der Waals surface area contributed by atoms with Crippen LogP contribution in [0.25, 0.3) is 0 Å². The molecule has 1 aliphatic heterocycles. The second kappa shape index (κ2) is 6.83. The summed E-state index contributed by atoms with van der Waals surface area (Å²) < 4.78 is 5.42. The van der Waals surface area contributed by atoms with Crippen molar-refractivity contribution in [1.29, 1.82) is 0 Å². The lowest BCUT2D eigenvalue weighted by atomic mass is 10.0. The van der Waals surface area contributed by atoms with Crippen LogP contribution in [0, 0.1) is 12.8 Å². The van der Waals surface area contributed by atoms with Crippen molar-refractivity contribution in [2.45, 2.75) is 45.6 Å². The highest BCUT2D eigenvalue weighted by Gasteiger charge is 2.38. The number of carbonyl (C=O) groups excluding carboxylic acids is 2. The van der Waals surface area contributed by atoms with Gasteiger partial charge in [-0.3, -0.25) is 9.59 Å². The lowest BCUT2D eigenvalue weighted by molar-refractivity contribution is -0.143. The number of anilines is 1. The number of nitrogens with zero attached hydrogens (tertiary/aromatic N) is 2. The molecular weight excluding hydrogens is 304 g/mol. The lowest BCUT2D eigenvalue weighted by Crippen LogP contribution is -2.58. The molecule has 0 N–H and O–H groups in total. The van der Waals surface area contributed by atoms with Crippen molar-refractivity contribution in [2.75, 3.05) is 25.1 Å². The molecule has 3 rings (SSSR count). The zero-order chi connectivity index (χ0) is 17.3. The van der Waals surface area contributed by atoms with E-state index >= 15 is 0 Å². The van der Waals surface area contributed by atoms with Gasteiger partial charge in [0.15, 0.2) is 0 Å². The number of hydrogen-bond acceptors (Lipinski definition) is 3. The minimum absolute atomic E-state index is 0.0310. The number of ether oxygens (including phenoxy) is 1. The van der Waals surface area contributed by atoms with E-state index in [9.17, 15) is 9.59 Å². The molecule has 5 nitrogen and oxygen atoms in total. The summed E-state index contributed by atoms with van der Waals surface area (Å²) in [5.74, 6) is 0.928. The van der Waals surface area contributed by atoms with Gasteiger partial charge in [0.05, 0.1) is 12.8 Å². The average Bonchev–Trinajstić information content (AvgIpc) is 3.11. The number of benzene rings is 1. The third kappa shape index (κ3) is 2.99. The first-order valence-corrected chi connectivity index (χ1v) is 8.79. The monoisotopic (exact) mass is 330 g/mol. The first-order chi connectivity index (χ1) is 11.5. The Morgan fingerprint density at radius 1 is 1.21 bits per heavy atom. The summed E-state index contributed by atoms with van der Waals surface area (Å²) in [4.78, 5) is 29.2. The Morgan fingerprint density at radius 2 is 1.92 bits per heavy atom. The molecule has 130 valence electrons. The fourth-order valence-corrected chi connectivity index (χ4v) is 3.83. The predicted octanol–water partition coefficient (Wildman–Crippen LogP) is 2.76. The van der Waals surface area contributed by atoms with Crippen molar-refractivity contribution in [3.05, 3.63) is 23.8 Å². The molecule has 5 heteroatoms. The first kappa shape index (κ1) is 16.8. The Kier molecular flexibility index (Phi) is 4.78. The smallest absolute Gasteiger partial charge is 0.249 e. The number of hydrogen-bond donors (Lipinski definition) is 0. The molecular formula is C19H26N2O3. The van der Waals surface area contributed by atoms with Gasteiger partial charge in [-0.25, -0.2) is 0 Å². The molecule has 1 aromatic rings. The van der Waals surface area contributed by atoms with Gasteiger partial charge in [0.25, 0.3) is 0 Å². The van der Waals surface area contributed by atoms with Gasteiger partial charge in [-0.05, 0) is 44.4 Å². The molecule has 0 aromatic heterocycles. The van der Waals surface area contributed by atoms with E-state index in [1.54, 1.807) is 16.9 Å². The molecule has 2 fully saturated rings. The maximum atomic E-state index is 12.9. The van der Waals surface area contributed by atoms with Crippen LogP contribution in [0.3, 0.4) is 0 Å². The molecule has 1 saturated heterocycles. The molecule has 1 aliphatic carbocycles. The zero-order valence-electron chi connectivity index (χ0n) is 14.7. The van der Waals surface area contributed by atoms with Gasteiger partial charge in [-0.1, -0.05) is 18.9 Å². The maximum absolute atomic E-state index is 12.9. The van der Waals surface area contributed by atoms with Crippen molar-refractivity contribution in [1.82, 2.24) is 4.90 Å². The summed E-state index contributed by atoms with van der Waals surface area (Å²) in [5.41, 5.74) is 1.87. The molecule has 1 unspecified atom stereocenters. The van der Waals surface area contributed by atoms with Crippen molar-refractivity contribution >= 4 is 17.5 Å². The van der Waals surface area contributed by atoms with E-state index in [2.05, 4.69) is 0 Å². The summed E-state index contributed by atoms with van der Waals surface area (Å²) >= 11 is 0. The standard InChI is InChI=1S/C19H26N2O3/c1-13-8-9-17(24-3)16(12-13)21-11-10-20(14(2)18(21)22)19(23)15-6-4-5-7-15/h8-9,12,14-15H,4-7,10-11H2,1-3H3. The van der Waals surface area contributed by atoms with Crippen LogP contribution in [0.1, 0.15) is 38.2 Å². The van der Waals surface area contributed by atoms with Gasteiger partial charge in [-0.15, -0.1) is 0 Å². The quantitative estimate of drug-likeness (QED) is 0.856. The van der Waals surface area contributed by atoms with Crippen LogP contribution >= 0.6 is 0 Å². The van der Waals surface area contributed by atoms with Crippen molar-refractivity contribution in [2.24, 2.45) is 5.92 Å². The summed E-state index contributed by atoms with van der Waals surface area (Å²) in [6.45, 7) is 4.93. The number of rotatable bonds is 3. The van der Waals surface area contributed by atoms with E-state index in [0.29, 0.717) is 18.8 Å². The topological polar surface area (TPSA) is 49.9 Å². The van der Waals surface area contributed by atoms with Gasteiger partial charge < -0.3 is 14.5 Å². The fourth-order valence-electron chi connectivity index (χ4n) is 3.83. The highest BCUT2D eigenvalue weighted by molar-refractivity contribution is 6.01. The van der Waals surface area contributed by atoms with E-state index in [-0.39, 0.29) is 17.7 Å². The molecule has 1 atom stereocenters. The van der Waals surface area contributed by atoms with Gasteiger partial charge in [0, 0.05) is 19.0 Å². The van der Waals surface area contributed by atoms with Gasteiger partial charge in [0.1, 0.15) is 11.8 Å². The van der Waals surface area contributed by atoms with Crippen LogP contribution in [0.5, 0.6) is 5.75 Å². The largest absolute Gasteiger partial charge is 0.495 e. The number of methoxy groups -OCH3 is 1. The third-order valence-corrected chi connectivity index (χ3v) is 5.27. The zero-order valence-corrected chi connectivity index (χ0v) is 14.7. The van der Waals surface area contributed by atoms with Gasteiger partial charge in [0.2, 0.25) is 11.8 Å². The predicted molar refractivity (Wildman–Crippen MR) is 93.2 cm³/mol. The first-order valence-electron chi connectivity index (χ1n) is 8.79. The summed E-state index contributed by atoms with van der Waals surface area (Å²) in [6, 6.07) is 5.41. The Bertz CT molecular complexity index is 637. The van der Waals surface area contributed by atoms with E-state index < -0.39 is 6.04 Å². The molecule has 2 aliphatic rings. The number of aryl methyl sites for hydroxylation is 1. The summed E-state index contributed by atoms with van der Waals surface area (Å²) in [6.07, 6.45) is 4.18. The Labute approximate surface area is 143 Å². The van der Waals surface area contributed by atoms with Crippen molar-refractivity contribution < 1.29 is 14.3 Å². The van der Waals surface area contributed by atoms with E-state index in [4.69, 9.17) is 4.74 Å². The van der Waals surface area contributed by atoms with E-state index in [1.807, 2.05) is 32.0 Å². The lowest BCUT2D eigenvalue weighted by Gasteiger charge is -2.40. The average molecular weight is 330 g/mol. The maximum Gasteiger partial charge on any atom is 0.249 e. The van der Waals surface area contributed by atoms with Gasteiger partial charge >= 0.3 is 0 Å². The minimum Gasteiger partial charge on any atom is -0.495 e. The fraction of sp³-hybridized carbons (Fsp3) is 0.579. The molecule has 0 spiro atoms. The second-order valence-electron chi connectivity index (χ2n) is 6.85. The molecule has 1 aromatic carbocycles. The van der Waals surface area contributed by atoms with Gasteiger partial charge in [-0.2, -0.15) is 0 Å². The van der Waals surface area contributed by atoms with Crippen molar-refractivity contribution in [3.8, 4) is 5.75 Å². The van der Waals surface area contributed by atoms with Crippen LogP contribution in [0.15, 0.2) is 18.2 Å². The van der Waals surface area contributed by atoms with Crippen LogP contribution in [-0.2, 0) is 9.59 Å². The van der Waals surface area contributed by atoms with Crippen LogP contribution in [0.2, 0.25) is 0 Å². The molecule has 0 bridgehead atoms. The van der Waals surface area contributed by atoms with Crippen LogP contribution in [0.4, 0.5) is 5.69 Å². The Hall–Kier alpha value is -2.04. The molecule has 0 radical (unpaired) electrons. The van der Waals surface area contributed by atoms with E-state index in [0.717, 1.165) is 36.9 Å². The highest BCUT2D eigenvalue weighted by Crippen LogP contribution is 2.33. The van der Waals surface area contributed by atoms with E-state index in [1.165, 1.54) is 0 Å². The van der Waals surface area contributed by atoms with Crippen LogP contribution < -0.4 is 9.64 Å². The molecule has 1 saturated carbocycles. The molecule has 24 heavy (non-hydrogen) atoms.